The highest BCUT2D eigenvalue weighted by Crippen LogP contribution is 2.44. The molecule has 0 spiro atoms. The van der Waals surface area contributed by atoms with Crippen molar-refractivity contribution in [3.8, 4) is 5.75 Å². The Balaban J connectivity index is 2.00. The molecule has 0 saturated heterocycles. The van der Waals surface area contributed by atoms with Gasteiger partial charge in [0, 0.05) is 12.5 Å². The van der Waals surface area contributed by atoms with Crippen molar-refractivity contribution >= 4 is 18.4 Å². The Labute approximate surface area is 119 Å². The van der Waals surface area contributed by atoms with Crippen LogP contribution < -0.4 is 9.61 Å². The van der Waals surface area contributed by atoms with Crippen LogP contribution >= 0.6 is 6.64 Å². The summed E-state index contributed by atoms with van der Waals surface area (Å²) in [6.07, 6.45) is 6.74. The maximum atomic E-state index is 5.77. The number of nitrogens with zero attached hydrogens (tertiary/aromatic N) is 2. The second kappa shape index (κ2) is 6.75. The van der Waals surface area contributed by atoms with Gasteiger partial charge < -0.3 is 9.05 Å². The molecule has 0 amide bonds. The number of rotatable bonds is 8. The normalized spacial score (nSPS) is 18.0. The molecule has 1 aromatic rings. The molecule has 1 aliphatic carbocycles. The fourth-order valence-corrected chi connectivity index (χ4v) is 3.85. The monoisotopic (exact) mass is 301 g/mol. The predicted octanol–water partition coefficient (Wildman–Crippen LogP) is 2.99. The SMILES string of the molecule is CCCNP(=S)(OCC)Oc1cnc(C2CC2)nc1. The minimum atomic E-state index is -2.48. The van der Waals surface area contributed by atoms with Crippen LogP contribution in [0.3, 0.4) is 0 Å². The fraction of sp³-hybridized carbons (Fsp3) is 0.667. The molecule has 1 atom stereocenters. The topological polar surface area (TPSA) is 56.3 Å². The standard InChI is InChI=1S/C12H20N3O2PS/c1-3-7-15-18(19,16-4-2)17-11-8-13-12(14-9-11)10-5-6-10/h8-10H,3-7H2,1-2H3,(H,15,19). The number of hydrogen-bond acceptors (Lipinski definition) is 5. The summed E-state index contributed by atoms with van der Waals surface area (Å²) >= 11 is 5.45. The second-order valence-electron chi connectivity index (χ2n) is 4.47. The molecule has 2 rings (SSSR count). The molecular weight excluding hydrogens is 281 g/mol. The summed E-state index contributed by atoms with van der Waals surface area (Å²) < 4.78 is 11.3. The van der Waals surface area contributed by atoms with Crippen LogP contribution in [0, 0.1) is 0 Å². The van der Waals surface area contributed by atoms with E-state index in [2.05, 4.69) is 22.0 Å². The van der Waals surface area contributed by atoms with E-state index in [1.807, 2.05) is 6.92 Å². The summed E-state index contributed by atoms with van der Waals surface area (Å²) in [6.45, 7) is 2.80. The summed E-state index contributed by atoms with van der Waals surface area (Å²) in [5.41, 5.74) is 0. The number of nitrogens with one attached hydrogen (secondary N) is 1. The van der Waals surface area contributed by atoms with Gasteiger partial charge in [0.15, 0.2) is 5.75 Å². The Morgan fingerprint density at radius 1 is 1.37 bits per heavy atom. The van der Waals surface area contributed by atoms with Crippen molar-refractivity contribution in [1.29, 1.82) is 0 Å². The van der Waals surface area contributed by atoms with E-state index >= 15 is 0 Å². The van der Waals surface area contributed by atoms with Crippen LogP contribution in [0.1, 0.15) is 44.9 Å². The maximum absolute atomic E-state index is 5.77. The van der Waals surface area contributed by atoms with Crippen LogP contribution in [-0.4, -0.2) is 23.1 Å². The van der Waals surface area contributed by atoms with Crippen molar-refractivity contribution in [3.63, 3.8) is 0 Å². The molecule has 0 aromatic carbocycles. The van der Waals surface area contributed by atoms with E-state index in [1.165, 1.54) is 12.8 Å². The van der Waals surface area contributed by atoms with Crippen molar-refractivity contribution in [1.82, 2.24) is 15.1 Å². The lowest BCUT2D eigenvalue weighted by molar-refractivity contribution is 0.322. The van der Waals surface area contributed by atoms with E-state index in [4.69, 9.17) is 20.9 Å². The van der Waals surface area contributed by atoms with Gasteiger partial charge >= 0.3 is 6.64 Å². The van der Waals surface area contributed by atoms with Gasteiger partial charge in [-0.2, -0.15) is 0 Å². The Bertz CT molecular complexity index is 451. The van der Waals surface area contributed by atoms with Gasteiger partial charge in [0.05, 0.1) is 19.0 Å². The molecule has 19 heavy (non-hydrogen) atoms. The van der Waals surface area contributed by atoms with Crippen LogP contribution in [0.2, 0.25) is 0 Å². The van der Waals surface area contributed by atoms with E-state index in [0.29, 0.717) is 18.3 Å². The average Bonchev–Trinajstić information content (AvgIpc) is 3.22. The molecule has 1 N–H and O–H groups in total. The van der Waals surface area contributed by atoms with E-state index in [1.54, 1.807) is 12.4 Å². The largest absolute Gasteiger partial charge is 0.429 e. The molecule has 7 heteroatoms. The molecule has 0 aliphatic heterocycles. The fourth-order valence-electron chi connectivity index (χ4n) is 1.59. The Morgan fingerprint density at radius 3 is 2.58 bits per heavy atom. The molecule has 1 aromatic heterocycles. The van der Waals surface area contributed by atoms with Gasteiger partial charge in [0.25, 0.3) is 0 Å². The lowest BCUT2D eigenvalue weighted by atomic mass is 10.4. The highest BCUT2D eigenvalue weighted by molar-refractivity contribution is 8.09. The van der Waals surface area contributed by atoms with Crippen molar-refractivity contribution in [3.05, 3.63) is 18.2 Å². The van der Waals surface area contributed by atoms with E-state index in [-0.39, 0.29) is 0 Å². The second-order valence-corrected chi connectivity index (χ2v) is 7.66. The molecule has 0 bridgehead atoms. The van der Waals surface area contributed by atoms with Crippen molar-refractivity contribution in [2.45, 2.75) is 39.0 Å². The average molecular weight is 301 g/mol. The third-order valence-electron chi connectivity index (χ3n) is 2.67. The highest BCUT2D eigenvalue weighted by Gasteiger charge is 2.26. The first-order valence-corrected chi connectivity index (χ1v) is 9.32. The molecule has 1 saturated carbocycles. The van der Waals surface area contributed by atoms with Gasteiger partial charge in [-0.05, 0) is 38.0 Å². The summed E-state index contributed by atoms with van der Waals surface area (Å²) in [7, 11) is 0. The van der Waals surface area contributed by atoms with E-state index < -0.39 is 6.64 Å². The molecule has 1 unspecified atom stereocenters. The van der Waals surface area contributed by atoms with Crippen molar-refractivity contribution < 1.29 is 9.05 Å². The van der Waals surface area contributed by atoms with Crippen LogP contribution in [0.4, 0.5) is 0 Å². The van der Waals surface area contributed by atoms with Crippen LogP contribution in [0.5, 0.6) is 5.75 Å². The molecule has 106 valence electrons. The summed E-state index contributed by atoms with van der Waals surface area (Å²) in [5.74, 6) is 2.02. The third-order valence-corrected chi connectivity index (χ3v) is 5.26. The van der Waals surface area contributed by atoms with Gasteiger partial charge in [-0.3, -0.25) is 0 Å². The minimum Gasteiger partial charge on any atom is -0.429 e. The zero-order chi connectivity index (χ0) is 13.7. The lowest BCUT2D eigenvalue weighted by Crippen LogP contribution is -2.17. The van der Waals surface area contributed by atoms with Gasteiger partial charge in [-0.1, -0.05) is 6.92 Å². The third kappa shape index (κ3) is 4.49. The summed E-state index contributed by atoms with van der Waals surface area (Å²) in [5, 5.41) is 3.17. The van der Waals surface area contributed by atoms with Crippen LogP contribution in [-0.2, 0) is 16.3 Å². The maximum Gasteiger partial charge on any atom is 0.312 e. The van der Waals surface area contributed by atoms with Crippen LogP contribution in [0.25, 0.3) is 0 Å². The van der Waals surface area contributed by atoms with E-state index in [9.17, 15) is 0 Å². The molecule has 1 aliphatic rings. The first-order chi connectivity index (χ1) is 9.17. The number of aromatic nitrogens is 2. The quantitative estimate of drug-likeness (QED) is 0.745. The first-order valence-electron chi connectivity index (χ1n) is 6.68. The first kappa shape index (κ1) is 14.9. The van der Waals surface area contributed by atoms with Crippen LogP contribution in [0.15, 0.2) is 12.4 Å². The van der Waals surface area contributed by atoms with Gasteiger partial charge in [-0.15, -0.1) is 0 Å². The minimum absolute atomic E-state index is 0.523. The Hall–Kier alpha value is -0.550. The molecule has 1 heterocycles. The summed E-state index contributed by atoms with van der Waals surface area (Å²) in [4.78, 5) is 8.63. The molecule has 0 radical (unpaired) electrons. The van der Waals surface area contributed by atoms with Crippen molar-refractivity contribution in [2.24, 2.45) is 0 Å². The smallest absolute Gasteiger partial charge is 0.312 e. The zero-order valence-electron chi connectivity index (χ0n) is 11.3. The Morgan fingerprint density at radius 2 is 2.05 bits per heavy atom. The van der Waals surface area contributed by atoms with Gasteiger partial charge in [0.1, 0.15) is 5.82 Å². The van der Waals surface area contributed by atoms with Gasteiger partial charge in [0.2, 0.25) is 0 Å². The predicted molar refractivity (Wildman–Crippen MR) is 78.8 cm³/mol. The van der Waals surface area contributed by atoms with E-state index in [0.717, 1.165) is 18.8 Å². The number of hydrogen-bond donors (Lipinski definition) is 1. The Kier molecular flexibility index (Phi) is 5.28. The zero-order valence-corrected chi connectivity index (χ0v) is 13.0. The highest BCUT2D eigenvalue weighted by atomic mass is 32.5. The van der Waals surface area contributed by atoms with Gasteiger partial charge in [-0.25, -0.2) is 15.1 Å². The molecular formula is C12H20N3O2PS. The van der Waals surface area contributed by atoms with Crippen molar-refractivity contribution in [2.75, 3.05) is 13.2 Å². The summed E-state index contributed by atoms with van der Waals surface area (Å²) in [6, 6.07) is 0. The lowest BCUT2D eigenvalue weighted by Gasteiger charge is -2.22. The molecule has 5 nitrogen and oxygen atoms in total. The molecule has 1 fully saturated rings.